The van der Waals surface area contributed by atoms with Crippen LogP contribution in [0.1, 0.15) is 56.8 Å². The van der Waals surface area contributed by atoms with Crippen LogP contribution in [0.15, 0.2) is 23.1 Å². The van der Waals surface area contributed by atoms with E-state index in [1.165, 1.54) is 29.4 Å². The van der Waals surface area contributed by atoms with Gasteiger partial charge in [-0.3, -0.25) is 4.79 Å². The summed E-state index contributed by atoms with van der Waals surface area (Å²) in [6.07, 6.45) is 2.47. The minimum Gasteiger partial charge on any atom is -0.449 e. The fourth-order valence-electron chi connectivity index (χ4n) is 3.96. The van der Waals surface area contributed by atoms with Gasteiger partial charge in [-0.2, -0.15) is 4.31 Å². The van der Waals surface area contributed by atoms with Crippen LogP contribution in [0.3, 0.4) is 0 Å². The Hall–Kier alpha value is -1.68. The standard InChI is InChI=1S/C21H29ClN2O6S/c1-13-11-24(12-14(2)29-13)31(27,28)19-10-16(8-9-18(19)22)21(26)30-15(3)20(25)23-17-6-4-5-7-17/h8-10,13-15,17H,4-7,11-12H2,1-3H3,(H,23,25). The topological polar surface area (TPSA) is 102 Å². The van der Waals surface area contributed by atoms with Gasteiger partial charge in [-0.15, -0.1) is 0 Å². The zero-order valence-electron chi connectivity index (χ0n) is 18.0. The van der Waals surface area contributed by atoms with E-state index in [2.05, 4.69) is 5.32 Å². The molecular formula is C21H29ClN2O6S. The highest BCUT2D eigenvalue weighted by Crippen LogP contribution is 2.28. The third-order valence-electron chi connectivity index (χ3n) is 5.53. The SMILES string of the molecule is CC1CN(S(=O)(=O)c2cc(C(=O)OC(C)C(=O)NC3CCCC3)ccc2Cl)CC(C)O1. The number of morpholine rings is 1. The predicted octanol–water partition coefficient (Wildman–Crippen LogP) is 2.74. The maximum Gasteiger partial charge on any atom is 0.338 e. The quantitative estimate of drug-likeness (QED) is 0.639. The van der Waals surface area contributed by atoms with Crippen molar-refractivity contribution in [3.63, 3.8) is 0 Å². The molecule has 0 aromatic heterocycles. The van der Waals surface area contributed by atoms with E-state index < -0.39 is 22.1 Å². The Morgan fingerprint density at radius 2 is 1.81 bits per heavy atom. The molecule has 1 aliphatic carbocycles. The molecule has 172 valence electrons. The molecule has 3 unspecified atom stereocenters. The van der Waals surface area contributed by atoms with Crippen molar-refractivity contribution in [2.24, 2.45) is 0 Å². The number of hydrogen-bond donors (Lipinski definition) is 1. The van der Waals surface area contributed by atoms with Crippen molar-refractivity contribution in [1.29, 1.82) is 0 Å². The minimum atomic E-state index is -3.94. The summed E-state index contributed by atoms with van der Waals surface area (Å²) in [6.45, 7) is 5.47. The highest BCUT2D eigenvalue weighted by molar-refractivity contribution is 7.89. The van der Waals surface area contributed by atoms with Gasteiger partial charge in [-0.25, -0.2) is 13.2 Å². The zero-order chi connectivity index (χ0) is 22.8. The first kappa shape index (κ1) is 24.0. The highest BCUT2D eigenvalue weighted by atomic mass is 35.5. The lowest BCUT2D eigenvalue weighted by Gasteiger charge is -2.34. The molecule has 1 amide bonds. The van der Waals surface area contributed by atoms with Crippen molar-refractivity contribution >= 4 is 33.5 Å². The number of benzene rings is 1. The second-order valence-corrected chi connectivity index (χ2v) is 10.6. The van der Waals surface area contributed by atoms with E-state index in [9.17, 15) is 18.0 Å². The van der Waals surface area contributed by atoms with Gasteiger partial charge in [0, 0.05) is 19.1 Å². The minimum absolute atomic E-state index is 0.00960. The van der Waals surface area contributed by atoms with Crippen molar-refractivity contribution in [3.8, 4) is 0 Å². The first-order valence-electron chi connectivity index (χ1n) is 10.5. The largest absolute Gasteiger partial charge is 0.449 e. The van der Waals surface area contributed by atoms with Crippen molar-refractivity contribution < 1.29 is 27.5 Å². The van der Waals surface area contributed by atoms with Gasteiger partial charge in [0.2, 0.25) is 10.0 Å². The van der Waals surface area contributed by atoms with Gasteiger partial charge >= 0.3 is 5.97 Å². The first-order valence-corrected chi connectivity index (χ1v) is 12.4. The van der Waals surface area contributed by atoms with Crippen LogP contribution in [0, 0.1) is 0 Å². The monoisotopic (exact) mass is 472 g/mol. The molecule has 3 rings (SSSR count). The van der Waals surface area contributed by atoms with Crippen molar-refractivity contribution in [1.82, 2.24) is 9.62 Å². The third kappa shape index (κ3) is 5.77. The number of nitrogens with zero attached hydrogens (tertiary/aromatic N) is 1. The van der Waals surface area contributed by atoms with Crippen LogP contribution in [0.4, 0.5) is 0 Å². The van der Waals surface area contributed by atoms with Crippen LogP contribution in [0.5, 0.6) is 0 Å². The average molecular weight is 473 g/mol. The molecule has 1 aromatic rings. The molecule has 0 bridgehead atoms. The molecule has 1 saturated carbocycles. The number of amides is 1. The van der Waals surface area contributed by atoms with Crippen LogP contribution in [-0.4, -0.2) is 62.0 Å². The molecule has 1 saturated heterocycles. The summed E-state index contributed by atoms with van der Waals surface area (Å²) < 4.78 is 38.5. The highest BCUT2D eigenvalue weighted by Gasteiger charge is 2.34. The molecule has 1 heterocycles. The number of carbonyl (C=O) groups excluding carboxylic acids is 2. The van der Waals surface area contributed by atoms with Gasteiger partial charge in [-0.1, -0.05) is 24.4 Å². The zero-order valence-corrected chi connectivity index (χ0v) is 19.5. The number of ether oxygens (including phenoxy) is 2. The summed E-state index contributed by atoms with van der Waals surface area (Å²) in [5, 5.41) is 2.89. The van der Waals surface area contributed by atoms with Crippen molar-refractivity contribution in [3.05, 3.63) is 28.8 Å². The summed E-state index contributed by atoms with van der Waals surface area (Å²) in [6, 6.07) is 4.04. The molecule has 1 aliphatic heterocycles. The van der Waals surface area contributed by atoms with Crippen LogP contribution >= 0.6 is 11.6 Å². The normalized spacial score (nSPS) is 24.0. The Bertz CT molecular complexity index is 922. The van der Waals surface area contributed by atoms with Gasteiger partial charge in [0.1, 0.15) is 4.90 Å². The molecule has 3 atom stereocenters. The third-order valence-corrected chi connectivity index (χ3v) is 7.84. The maximum atomic E-state index is 13.2. The smallest absolute Gasteiger partial charge is 0.338 e. The van der Waals surface area contributed by atoms with Gasteiger partial charge < -0.3 is 14.8 Å². The first-order chi connectivity index (χ1) is 14.6. The summed E-state index contributed by atoms with van der Waals surface area (Å²) in [7, 11) is -3.94. The van der Waals surface area contributed by atoms with Crippen LogP contribution in [0.25, 0.3) is 0 Å². The molecule has 31 heavy (non-hydrogen) atoms. The number of esters is 1. The van der Waals surface area contributed by atoms with Gasteiger partial charge in [-0.05, 0) is 51.8 Å². The number of hydrogen-bond acceptors (Lipinski definition) is 6. The van der Waals surface area contributed by atoms with Gasteiger partial charge in [0.15, 0.2) is 6.10 Å². The van der Waals surface area contributed by atoms with E-state index in [1.54, 1.807) is 13.8 Å². The summed E-state index contributed by atoms with van der Waals surface area (Å²) in [5.41, 5.74) is 0.0119. The van der Waals surface area contributed by atoms with E-state index in [4.69, 9.17) is 21.1 Å². The van der Waals surface area contributed by atoms with Crippen molar-refractivity contribution in [2.45, 2.75) is 75.7 Å². The Balaban J connectivity index is 1.73. The molecule has 2 aliphatic rings. The molecule has 2 fully saturated rings. The van der Waals surface area contributed by atoms with E-state index in [0.29, 0.717) is 0 Å². The number of halogens is 1. The number of sulfonamides is 1. The predicted molar refractivity (Wildman–Crippen MR) is 115 cm³/mol. The second kappa shape index (κ2) is 9.85. The number of nitrogens with one attached hydrogen (secondary N) is 1. The lowest BCUT2D eigenvalue weighted by atomic mass is 10.2. The van der Waals surface area contributed by atoms with Crippen LogP contribution in [0.2, 0.25) is 5.02 Å². The molecule has 1 N–H and O–H groups in total. The van der Waals surface area contributed by atoms with Gasteiger partial charge in [0.25, 0.3) is 5.91 Å². The Labute approximate surface area is 188 Å². The van der Waals surface area contributed by atoms with E-state index in [0.717, 1.165) is 25.7 Å². The molecule has 8 nitrogen and oxygen atoms in total. The summed E-state index contributed by atoms with van der Waals surface area (Å²) >= 11 is 6.18. The summed E-state index contributed by atoms with van der Waals surface area (Å²) in [4.78, 5) is 24.7. The van der Waals surface area contributed by atoms with E-state index >= 15 is 0 Å². The number of rotatable bonds is 6. The summed E-state index contributed by atoms with van der Waals surface area (Å²) in [5.74, 6) is -1.15. The average Bonchev–Trinajstić information content (AvgIpc) is 3.20. The maximum absolute atomic E-state index is 13.2. The lowest BCUT2D eigenvalue weighted by Crippen LogP contribution is -2.48. The molecule has 10 heteroatoms. The Morgan fingerprint density at radius 1 is 1.19 bits per heavy atom. The molecule has 1 aromatic carbocycles. The molecular weight excluding hydrogens is 444 g/mol. The Kier molecular flexibility index (Phi) is 7.62. The molecule has 0 radical (unpaired) electrons. The molecule has 0 spiro atoms. The van der Waals surface area contributed by atoms with Crippen molar-refractivity contribution in [2.75, 3.05) is 13.1 Å². The van der Waals surface area contributed by atoms with Crippen LogP contribution in [-0.2, 0) is 24.3 Å². The van der Waals surface area contributed by atoms with E-state index in [1.807, 2.05) is 0 Å². The fourth-order valence-corrected chi connectivity index (χ4v) is 6.06. The van der Waals surface area contributed by atoms with Crippen LogP contribution < -0.4 is 5.32 Å². The fraction of sp³-hybridized carbons (Fsp3) is 0.619. The lowest BCUT2D eigenvalue weighted by molar-refractivity contribution is -0.129. The Morgan fingerprint density at radius 3 is 2.42 bits per heavy atom. The van der Waals surface area contributed by atoms with E-state index in [-0.39, 0.29) is 52.7 Å². The van der Waals surface area contributed by atoms with Gasteiger partial charge in [0.05, 0.1) is 22.8 Å². The number of carbonyl (C=O) groups is 2. The second-order valence-electron chi connectivity index (χ2n) is 8.26.